The number of carbonyl (C=O) groups excluding carboxylic acids is 1. The minimum Gasteiger partial charge on any atom is -0.365 e. The summed E-state index contributed by atoms with van der Waals surface area (Å²) in [5, 5.41) is 25.7. The van der Waals surface area contributed by atoms with E-state index in [4.69, 9.17) is 5.26 Å². The molecule has 4 saturated carbocycles. The maximum absolute atomic E-state index is 12.8. The summed E-state index contributed by atoms with van der Waals surface area (Å²) in [7, 11) is 0. The highest BCUT2D eigenvalue weighted by Crippen LogP contribution is 2.58. The molecular formula is C23H28N6O. The summed E-state index contributed by atoms with van der Waals surface area (Å²) < 4.78 is 0. The largest absolute Gasteiger partial charge is 0.365 e. The normalized spacial score (nSPS) is 36.3. The highest BCUT2D eigenvalue weighted by molar-refractivity contribution is 5.79. The van der Waals surface area contributed by atoms with Gasteiger partial charge >= 0.3 is 0 Å². The maximum Gasteiger partial charge on any atom is 0.237 e. The zero-order chi connectivity index (χ0) is 20.8. The van der Waals surface area contributed by atoms with Gasteiger partial charge in [0.05, 0.1) is 18.2 Å². The molecule has 156 valence electrons. The molecule has 0 aromatic carbocycles. The van der Waals surface area contributed by atoms with Gasteiger partial charge in [0.1, 0.15) is 17.9 Å². The van der Waals surface area contributed by atoms with E-state index in [-0.39, 0.29) is 23.0 Å². The van der Waals surface area contributed by atoms with Gasteiger partial charge in [-0.1, -0.05) is 0 Å². The molecular weight excluding hydrogens is 376 g/mol. The summed E-state index contributed by atoms with van der Waals surface area (Å²) in [4.78, 5) is 19.0. The molecule has 1 aromatic rings. The first-order valence-corrected chi connectivity index (χ1v) is 11.1. The smallest absolute Gasteiger partial charge is 0.237 e. The van der Waals surface area contributed by atoms with Crippen LogP contribution < -0.4 is 10.6 Å². The molecule has 1 amide bonds. The lowest BCUT2D eigenvalue weighted by Gasteiger charge is -2.62. The summed E-state index contributed by atoms with van der Waals surface area (Å²) >= 11 is 0. The van der Waals surface area contributed by atoms with Crippen LogP contribution in [0, 0.1) is 34.5 Å². The minimum atomic E-state index is -0.258. The average molecular weight is 405 g/mol. The first kappa shape index (κ1) is 19.3. The van der Waals surface area contributed by atoms with Crippen molar-refractivity contribution in [3.63, 3.8) is 0 Å². The van der Waals surface area contributed by atoms with Crippen LogP contribution in [-0.2, 0) is 4.79 Å². The quantitative estimate of drug-likeness (QED) is 0.781. The molecule has 30 heavy (non-hydrogen) atoms. The van der Waals surface area contributed by atoms with E-state index in [0.29, 0.717) is 30.5 Å². The Morgan fingerprint density at radius 3 is 2.63 bits per heavy atom. The third kappa shape index (κ3) is 3.42. The molecule has 1 saturated heterocycles. The Morgan fingerprint density at radius 2 is 1.97 bits per heavy atom. The third-order valence-corrected chi connectivity index (χ3v) is 7.68. The number of carbonyl (C=O) groups is 1. The lowest BCUT2D eigenvalue weighted by Crippen LogP contribution is -2.67. The van der Waals surface area contributed by atoms with E-state index in [1.54, 1.807) is 11.1 Å². The predicted molar refractivity (Wildman–Crippen MR) is 111 cm³/mol. The van der Waals surface area contributed by atoms with E-state index < -0.39 is 0 Å². The average Bonchev–Trinajstić information content (AvgIpc) is 3.20. The molecule has 3 atom stereocenters. The summed E-state index contributed by atoms with van der Waals surface area (Å²) in [5.74, 6) is 2.22. The van der Waals surface area contributed by atoms with Crippen molar-refractivity contribution in [3.05, 3.63) is 23.9 Å². The Bertz CT molecular complexity index is 899. The van der Waals surface area contributed by atoms with Gasteiger partial charge in [0.2, 0.25) is 5.91 Å². The number of anilines is 1. The van der Waals surface area contributed by atoms with Crippen LogP contribution in [0.25, 0.3) is 0 Å². The van der Waals surface area contributed by atoms with Crippen LogP contribution in [0.4, 0.5) is 5.82 Å². The van der Waals surface area contributed by atoms with E-state index in [0.717, 1.165) is 50.8 Å². The molecule has 2 heterocycles. The number of hydrogen-bond donors (Lipinski definition) is 2. The standard InChI is InChI=1S/C23H28N6O/c24-11-16-3-4-20(26-13-16)28-23-9-17-6-18(10-23)8-22(7-17,15-23)27-14-21(30)29-5-1-2-19(29)12-25/h3-4,13,17-19,27H,1-2,5-10,14-15H2,(H,26,28)/t17?,18?,19-,22?,23?/m0/s1. The van der Waals surface area contributed by atoms with Crippen molar-refractivity contribution in [3.8, 4) is 12.1 Å². The monoisotopic (exact) mass is 404 g/mol. The van der Waals surface area contributed by atoms with Crippen LogP contribution in [0.15, 0.2) is 18.3 Å². The number of nitrogens with zero attached hydrogens (tertiary/aromatic N) is 4. The second-order valence-corrected chi connectivity index (χ2v) is 9.92. The Morgan fingerprint density at radius 1 is 1.20 bits per heavy atom. The summed E-state index contributed by atoms with van der Waals surface area (Å²) in [6.07, 6.45) is 10.2. The second kappa shape index (κ2) is 7.25. The number of pyridine rings is 1. The number of nitriles is 2. The van der Waals surface area contributed by atoms with Gasteiger partial charge < -0.3 is 15.5 Å². The fourth-order valence-electron chi connectivity index (χ4n) is 6.99. The topological polar surface area (TPSA) is 105 Å². The third-order valence-electron chi connectivity index (χ3n) is 7.68. The van der Waals surface area contributed by atoms with Crippen molar-refractivity contribution in [2.75, 3.05) is 18.4 Å². The summed E-state index contributed by atoms with van der Waals surface area (Å²) in [6.45, 7) is 1.02. The number of amides is 1. The lowest BCUT2D eigenvalue weighted by molar-refractivity contribution is -0.131. The highest BCUT2D eigenvalue weighted by Gasteiger charge is 2.57. The van der Waals surface area contributed by atoms with Gasteiger partial charge in [0.25, 0.3) is 0 Å². The van der Waals surface area contributed by atoms with Gasteiger partial charge in [-0.2, -0.15) is 10.5 Å². The van der Waals surface area contributed by atoms with E-state index in [2.05, 4.69) is 27.8 Å². The van der Waals surface area contributed by atoms with Gasteiger partial charge in [0, 0.05) is 23.8 Å². The molecule has 5 fully saturated rings. The van der Waals surface area contributed by atoms with Gasteiger partial charge in [-0.05, 0) is 75.3 Å². The van der Waals surface area contributed by atoms with Crippen molar-refractivity contribution in [2.45, 2.75) is 68.5 Å². The van der Waals surface area contributed by atoms with Crippen LogP contribution in [-0.4, -0.2) is 46.0 Å². The Balaban J connectivity index is 1.29. The second-order valence-electron chi connectivity index (χ2n) is 9.92. The van der Waals surface area contributed by atoms with Gasteiger partial charge in [-0.25, -0.2) is 4.98 Å². The number of nitrogens with one attached hydrogen (secondary N) is 2. The number of rotatable bonds is 5. The van der Waals surface area contributed by atoms with Crippen molar-refractivity contribution in [1.82, 2.24) is 15.2 Å². The molecule has 2 N–H and O–H groups in total. The molecule has 7 heteroatoms. The van der Waals surface area contributed by atoms with E-state index in [9.17, 15) is 10.1 Å². The lowest BCUT2D eigenvalue weighted by atomic mass is 9.50. The fourth-order valence-corrected chi connectivity index (χ4v) is 6.99. The number of aromatic nitrogens is 1. The van der Waals surface area contributed by atoms with Crippen LogP contribution in [0.1, 0.15) is 56.9 Å². The number of likely N-dealkylation sites (tertiary alicyclic amines) is 1. The maximum atomic E-state index is 12.8. The van der Waals surface area contributed by atoms with Crippen LogP contribution in [0.3, 0.4) is 0 Å². The highest BCUT2D eigenvalue weighted by atomic mass is 16.2. The summed E-state index contributed by atoms with van der Waals surface area (Å²) in [6, 6.07) is 7.84. The SMILES string of the molecule is N#Cc1ccc(NC23CC4CC(CC(NCC(=O)N5CCC[C@H]5C#N)(C4)C2)C3)nc1. The minimum absolute atomic E-state index is 0.00409. The number of hydrogen-bond acceptors (Lipinski definition) is 6. The zero-order valence-electron chi connectivity index (χ0n) is 17.2. The molecule has 1 aromatic heterocycles. The Hall–Kier alpha value is -2.64. The van der Waals surface area contributed by atoms with E-state index >= 15 is 0 Å². The van der Waals surface area contributed by atoms with Crippen molar-refractivity contribution >= 4 is 11.7 Å². The first-order valence-electron chi connectivity index (χ1n) is 11.1. The zero-order valence-corrected chi connectivity index (χ0v) is 17.2. The van der Waals surface area contributed by atoms with Crippen LogP contribution >= 0.6 is 0 Å². The molecule has 5 aliphatic rings. The molecule has 4 aliphatic carbocycles. The molecule has 0 spiro atoms. The van der Waals surface area contributed by atoms with Gasteiger partial charge in [-0.15, -0.1) is 0 Å². The molecule has 2 unspecified atom stereocenters. The van der Waals surface area contributed by atoms with Crippen molar-refractivity contribution < 1.29 is 4.79 Å². The van der Waals surface area contributed by atoms with Crippen molar-refractivity contribution in [2.24, 2.45) is 11.8 Å². The predicted octanol–water partition coefficient (Wildman–Crippen LogP) is 2.56. The van der Waals surface area contributed by atoms with Crippen molar-refractivity contribution in [1.29, 1.82) is 10.5 Å². The molecule has 0 radical (unpaired) electrons. The van der Waals surface area contributed by atoms with Gasteiger partial charge in [0.15, 0.2) is 0 Å². The van der Waals surface area contributed by atoms with Gasteiger partial charge in [-0.3, -0.25) is 4.79 Å². The molecule has 4 bridgehead atoms. The van der Waals surface area contributed by atoms with E-state index in [1.165, 1.54) is 6.42 Å². The Kier molecular flexibility index (Phi) is 4.67. The Labute approximate surface area is 177 Å². The summed E-state index contributed by atoms with van der Waals surface area (Å²) in [5.41, 5.74) is 0.561. The van der Waals surface area contributed by atoms with E-state index in [1.807, 2.05) is 12.1 Å². The molecule has 1 aliphatic heterocycles. The first-order chi connectivity index (χ1) is 14.5. The van der Waals surface area contributed by atoms with Crippen LogP contribution in [0.5, 0.6) is 0 Å². The molecule has 6 rings (SSSR count). The fraction of sp³-hybridized carbons (Fsp3) is 0.652. The molecule has 7 nitrogen and oxygen atoms in total. The van der Waals surface area contributed by atoms with Crippen LogP contribution in [0.2, 0.25) is 0 Å².